The molecule has 1 saturated heterocycles. The predicted octanol–water partition coefficient (Wildman–Crippen LogP) is 3.34. The van der Waals surface area contributed by atoms with E-state index in [2.05, 4.69) is 11.9 Å². The third kappa shape index (κ3) is 25.4. The monoisotopic (exact) mass is 1110 g/mol. The standard InChI is InChI=1S/C51H78IN7O12/c1-37-13-18-44(64)59(37)21-19-53-43(63)17-15-40(61)33-58(45(65)31-38-14-16-42(62)41(52)30-38)20-11-12-39(60)32-54-22-24-55(34-46(66)69-49(2,3)4)26-28-57(36-48(68)71-51(8,9)10)29-27-56(25-23-54)35-47(67)70-50(5,6)7/h13-14,16,18,30,62H,1,11-12,15,17,19-29,31-36H2,2-10H3,(H,53,63)/i52-2. The molecule has 20 heteroatoms. The number of hydrogen-bond donors (Lipinski definition) is 2. The average Bonchev–Trinajstić information content (AvgIpc) is 3.55. The molecule has 0 atom stereocenters. The molecule has 1 fully saturated rings. The number of halogens is 1. The second kappa shape index (κ2) is 28.5. The topological polar surface area (TPSA) is 216 Å². The van der Waals surface area contributed by atoms with Gasteiger partial charge < -0.3 is 34.4 Å². The number of allylic oxidation sites excluding steroid dienone is 1. The first-order valence-electron chi connectivity index (χ1n) is 24.3. The SMILES string of the molecule is C=C1C=CC(=O)N1CCNC(=O)CCC(=O)CN(CCCC(=O)CN1CCN(CC(=O)OC(C)(C)C)CCN(CC(=O)OC(C)(C)C)CCN(CC(=O)OC(C)(C)C)CC1)C(=O)Cc1ccc(O)c([125I])c1. The maximum absolute atomic E-state index is 13.8. The van der Waals surface area contributed by atoms with Crippen LogP contribution in [-0.2, 0) is 59.0 Å². The van der Waals surface area contributed by atoms with Gasteiger partial charge in [0.25, 0.3) is 5.91 Å². The number of aromatic hydroxyl groups is 1. The number of carbonyl (C=O) groups excluding carboxylic acids is 8. The Bertz CT molecular complexity index is 2010. The van der Waals surface area contributed by atoms with E-state index in [4.69, 9.17) is 14.2 Å². The van der Waals surface area contributed by atoms with Crippen molar-refractivity contribution in [3.63, 3.8) is 0 Å². The zero-order valence-corrected chi connectivity index (χ0v) is 45.6. The number of amides is 3. The highest BCUT2D eigenvalue weighted by Gasteiger charge is 2.27. The summed E-state index contributed by atoms with van der Waals surface area (Å²) in [6.07, 6.45) is 3.02. The van der Waals surface area contributed by atoms with Crippen molar-refractivity contribution in [2.24, 2.45) is 0 Å². The van der Waals surface area contributed by atoms with Gasteiger partial charge >= 0.3 is 17.9 Å². The van der Waals surface area contributed by atoms with Gasteiger partial charge in [0.15, 0.2) is 5.78 Å². The molecular weight excluding hydrogens is 1030 g/mol. The third-order valence-corrected chi connectivity index (χ3v) is 11.8. The summed E-state index contributed by atoms with van der Waals surface area (Å²) >= 11 is 1.97. The fourth-order valence-electron chi connectivity index (χ4n) is 7.60. The van der Waals surface area contributed by atoms with Gasteiger partial charge in [0.05, 0.1) is 42.7 Å². The largest absolute Gasteiger partial charge is 0.507 e. The van der Waals surface area contributed by atoms with Crippen LogP contribution in [0.5, 0.6) is 5.75 Å². The van der Waals surface area contributed by atoms with Crippen LogP contribution in [0.3, 0.4) is 0 Å². The summed E-state index contributed by atoms with van der Waals surface area (Å²) in [7, 11) is 0. The first-order chi connectivity index (χ1) is 33.0. The Labute approximate surface area is 433 Å². The van der Waals surface area contributed by atoms with Crippen molar-refractivity contribution in [1.82, 2.24) is 34.7 Å². The molecule has 0 aromatic heterocycles. The van der Waals surface area contributed by atoms with Crippen molar-refractivity contribution in [1.29, 1.82) is 0 Å². The summed E-state index contributed by atoms with van der Waals surface area (Å²) in [6.45, 7) is 23.3. The Kier molecular flexibility index (Phi) is 24.3. The van der Waals surface area contributed by atoms with E-state index in [0.717, 1.165) is 0 Å². The van der Waals surface area contributed by atoms with Crippen LogP contribution in [0.25, 0.3) is 0 Å². The molecule has 3 rings (SSSR count). The summed E-state index contributed by atoms with van der Waals surface area (Å²) in [5, 5.41) is 12.8. The Morgan fingerprint density at radius 2 is 1.14 bits per heavy atom. The number of phenolic OH excluding ortho intramolecular Hbond substituents is 1. The molecule has 0 saturated carbocycles. The molecule has 2 N–H and O–H groups in total. The van der Waals surface area contributed by atoms with Crippen LogP contribution >= 0.6 is 22.6 Å². The van der Waals surface area contributed by atoms with Gasteiger partial charge in [-0.05, 0) is 115 Å². The number of rotatable bonds is 22. The zero-order valence-electron chi connectivity index (χ0n) is 43.4. The van der Waals surface area contributed by atoms with Gasteiger partial charge in [-0.2, -0.15) is 0 Å². The average molecular weight is 1110 g/mol. The van der Waals surface area contributed by atoms with Gasteiger partial charge in [0.1, 0.15) is 28.3 Å². The van der Waals surface area contributed by atoms with Crippen LogP contribution in [0.2, 0.25) is 0 Å². The van der Waals surface area contributed by atoms with E-state index < -0.39 is 34.7 Å². The number of ether oxygens (including phenoxy) is 3. The number of phenols is 1. The van der Waals surface area contributed by atoms with Crippen molar-refractivity contribution in [2.45, 2.75) is 111 Å². The lowest BCUT2D eigenvalue weighted by atomic mass is 10.1. The van der Waals surface area contributed by atoms with Crippen LogP contribution in [0.15, 0.2) is 42.6 Å². The van der Waals surface area contributed by atoms with Crippen molar-refractivity contribution >= 4 is 69.8 Å². The van der Waals surface area contributed by atoms with E-state index in [1.165, 1.54) is 21.9 Å². The zero-order chi connectivity index (χ0) is 53.1. The molecule has 396 valence electrons. The van der Waals surface area contributed by atoms with E-state index >= 15 is 0 Å². The Balaban J connectivity index is 1.74. The van der Waals surface area contributed by atoms with Crippen LogP contribution in [-0.4, -0.2) is 203 Å². The van der Waals surface area contributed by atoms with Crippen molar-refractivity contribution in [3.05, 3.63) is 51.8 Å². The number of hydrogen-bond acceptors (Lipinski definition) is 16. The minimum absolute atomic E-state index is 0.00251. The molecule has 2 heterocycles. The molecule has 19 nitrogen and oxygen atoms in total. The molecule has 2 aliphatic heterocycles. The summed E-state index contributed by atoms with van der Waals surface area (Å²) in [5.41, 5.74) is -0.937. The van der Waals surface area contributed by atoms with Crippen molar-refractivity contribution in [3.8, 4) is 5.75 Å². The van der Waals surface area contributed by atoms with Gasteiger partial charge in [-0.3, -0.25) is 58.0 Å². The number of benzene rings is 1. The molecule has 3 amide bonds. The lowest BCUT2D eigenvalue weighted by Crippen LogP contribution is -2.50. The number of ketones is 2. The summed E-state index contributed by atoms with van der Waals surface area (Å²) in [5.74, 6) is -2.56. The van der Waals surface area contributed by atoms with Gasteiger partial charge in [-0.25, -0.2) is 0 Å². The molecule has 0 bridgehead atoms. The number of esters is 3. The van der Waals surface area contributed by atoms with Crippen molar-refractivity contribution < 1.29 is 57.7 Å². The summed E-state index contributed by atoms with van der Waals surface area (Å²) in [6, 6.07) is 4.81. The van der Waals surface area contributed by atoms with Crippen molar-refractivity contribution in [2.75, 3.05) is 105 Å². The fourth-order valence-corrected chi connectivity index (χ4v) is 8.18. The van der Waals surface area contributed by atoms with E-state index in [-0.39, 0.29) is 119 Å². The van der Waals surface area contributed by atoms with E-state index in [9.17, 15) is 43.5 Å². The van der Waals surface area contributed by atoms with Crippen LogP contribution < -0.4 is 5.32 Å². The number of nitrogens with one attached hydrogen (secondary N) is 1. The lowest BCUT2D eigenvalue weighted by molar-refractivity contribution is -0.158. The minimum atomic E-state index is -0.705. The quantitative estimate of drug-likeness (QED) is 0.0968. The first kappa shape index (κ1) is 60.5. The second-order valence-corrected chi connectivity index (χ2v) is 22.1. The Hall–Kier alpha value is -4.77. The number of nitrogens with zero attached hydrogens (tertiary/aromatic N) is 6. The number of carbonyl (C=O) groups is 8. The first-order valence-corrected chi connectivity index (χ1v) is 25.4. The molecule has 0 unspecified atom stereocenters. The molecule has 71 heavy (non-hydrogen) atoms. The Morgan fingerprint density at radius 3 is 1.56 bits per heavy atom. The molecule has 1 aromatic carbocycles. The maximum atomic E-state index is 13.8. The van der Waals surface area contributed by atoms with E-state index in [1.807, 2.05) is 42.2 Å². The molecule has 0 radical (unpaired) electrons. The van der Waals surface area contributed by atoms with E-state index in [0.29, 0.717) is 67.2 Å². The predicted molar refractivity (Wildman–Crippen MR) is 276 cm³/mol. The highest BCUT2D eigenvalue weighted by molar-refractivity contribution is 14.1. The maximum Gasteiger partial charge on any atom is 0.320 e. The molecule has 2 aliphatic rings. The summed E-state index contributed by atoms with van der Waals surface area (Å²) < 4.78 is 17.5. The molecule has 0 spiro atoms. The Morgan fingerprint density at radius 1 is 0.676 bits per heavy atom. The normalized spacial score (nSPS) is 16.2. The second-order valence-electron chi connectivity index (χ2n) is 21.0. The van der Waals surface area contributed by atoms with Gasteiger partial charge in [-0.15, -0.1) is 0 Å². The van der Waals surface area contributed by atoms with E-state index in [1.54, 1.807) is 80.5 Å². The van der Waals surface area contributed by atoms with Gasteiger partial charge in [0.2, 0.25) is 11.8 Å². The summed E-state index contributed by atoms with van der Waals surface area (Å²) in [4.78, 5) is 115. The minimum Gasteiger partial charge on any atom is -0.507 e. The van der Waals surface area contributed by atoms with Crippen LogP contribution in [0, 0.1) is 3.57 Å². The number of Topliss-reactive ketones (excluding diaryl/α,β-unsaturated/α-hetero) is 2. The molecule has 1 aromatic rings. The lowest BCUT2D eigenvalue weighted by Gasteiger charge is -2.34. The van der Waals surface area contributed by atoms with Crippen LogP contribution in [0.4, 0.5) is 0 Å². The molecular formula is C51H78IN7O12. The molecule has 0 aliphatic carbocycles. The van der Waals surface area contributed by atoms with Gasteiger partial charge in [-0.1, -0.05) is 12.6 Å². The fraction of sp³-hybridized carbons (Fsp3) is 0.647. The highest BCUT2D eigenvalue weighted by atomic mass is 125. The highest BCUT2D eigenvalue weighted by Crippen LogP contribution is 2.21. The van der Waals surface area contributed by atoms with Gasteiger partial charge in [0, 0.05) is 103 Å². The van der Waals surface area contributed by atoms with Crippen LogP contribution in [0.1, 0.15) is 93.6 Å². The smallest absolute Gasteiger partial charge is 0.320 e. The third-order valence-electron chi connectivity index (χ3n) is 10.9.